The van der Waals surface area contributed by atoms with Crippen molar-refractivity contribution < 1.29 is 62.9 Å². The van der Waals surface area contributed by atoms with Gasteiger partial charge in [-0.05, 0) is 84.7 Å². The number of aliphatic hydroxyl groups is 3. The van der Waals surface area contributed by atoms with E-state index in [0.717, 1.165) is 5.56 Å². The number of methoxy groups -OCH3 is 1. The Morgan fingerprint density at radius 2 is 1.69 bits per heavy atom. The third kappa shape index (κ3) is 15.0. The minimum Gasteiger partial charge on any atom is -0.462 e. The van der Waals surface area contributed by atoms with Crippen LogP contribution in [0, 0.1) is 17.8 Å². The number of ketones is 1. The van der Waals surface area contributed by atoms with Crippen LogP contribution in [-0.2, 0) is 54.1 Å². The first-order valence-corrected chi connectivity index (χ1v) is 22.2. The zero-order valence-corrected chi connectivity index (χ0v) is 38.4. The molecule has 0 unspecified atom stereocenters. The molecular formula is C47H74N2O13. The fraction of sp³-hybridized carbons (Fsp3) is 0.723. The summed E-state index contributed by atoms with van der Waals surface area (Å²) in [6.07, 6.45) is -2.85. The summed E-state index contributed by atoms with van der Waals surface area (Å²) < 4.78 is 43.3. The van der Waals surface area contributed by atoms with E-state index in [-0.39, 0.29) is 31.0 Å². The summed E-state index contributed by atoms with van der Waals surface area (Å²) in [7, 11) is 5.01. The average Bonchev–Trinajstić information content (AvgIpc) is 3.18. The van der Waals surface area contributed by atoms with E-state index in [4.69, 9.17) is 33.2 Å². The average molecular weight is 875 g/mol. The van der Waals surface area contributed by atoms with Crippen molar-refractivity contribution in [3.63, 3.8) is 0 Å². The van der Waals surface area contributed by atoms with Crippen molar-refractivity contribution in [2.45, 2.75) is 173 Å². The van der Waals surface area contributed by atoms with Gasteiger partial charge in [0.2, 0.25) is 0 Å². The fourth-order valence-electron chi connectivity index (χ4n) is 8.72. The number of ether oxygens (including phenoxy) is 7. The zero-order chi connectivity index (χ0) is 45.7. The second-order valence-electron chi connectivity index (χ2n) is 18.2. The van der Waals surface area contributed by atoms with Crippen LogP contribution in [0.2, 0.25) is 0 Å². The van der Waals surface area contributed by atoms with Crippen LogP contribution in [0.4, 0.5) is 0 Å². The van der Waals surface area contributed by atoms with Crippen LogP contribution in [0.25, 0.3) is 0 Å². The highest BCUT2D eigenvalue weighted by Gasteiger charge is 2.52. The minimum absolute atomic E-state index is 0.0184. The molecule has 0 radical (unpaired) electrons. The molecule has 4 rings (SSSR count). The summed E-state index contributed by atoms with van der Waals surface area (Å²) >= 11 is 0. The highest BCUT2D eigenvalue weighted by atomic mass is 16.7. The molecule has 0 amide bonds. The number of aliphatic hydroxyl groups excluding tert-OH is 2. The topological polar surface area (TPSA) is 192 Å². The second kappa shape index (κ2) is 24.3. The molecule has 3 heterocycles. The van der Waals surface area contributed by atoms with Gasteiger partial charge < -0.3 is 58.7 Å². The van der Waals surface area contributed by atoms with Gasteiger partial charge in [-0.1, -0.05) is 69.3 Å². The summed E-state index contributed by atoms with van der Waals surface area (Å²) in [5.41, 5.74) is -0.384. The molecule has 4 N–H and O–H groups in total. The molecule has 15 heteroatoms. The third-order valence-corrected chi connectivity index (χ3v) is 11.9. The molecule has 350 valence electrons. The number of hydrogen-bond acceptors (Lipinski definition) is 15. The zero-order valence-electron chi connectivity index (χ0n) is 38.4. The van der Waals surface area contributed by atoms with Crippen molar-refractivity contribution in [1.82, 2.24) is 10.2 Å². The molecule has 0 aliphatic carbocycles. The standard InChI is InChI=1S/C47H74N2O13/c1-28(2)23-37(52)60-45-32(6)58-39(26-47(45,7)55)61-42-31(5)59-46(41(54)40(42)49(8)9)62-43-34(21-22-48-27-33-18-14-12-15-19-33)24-29(3)35(50)20-16-11-13-17-30(4)57-38(53)25-36(51)44(43)56-10/h11-16,18-20,28-32,34,36,39-46,48,51,54-55H,17,21-27H2,1-10H3/b13-11+,20-16+/t29-,30-,31-,32+,34-,36+,39+,40-,41-,42-,43+,44+,45+,46+,47-/m1/s1. The van der Waals surface area contributed by atoms with Crippen LogP contribution in [0.3, 0.4) is 0 Å². The fourth-order valence-corrected chi connectivity index (χ4v) is 8.72. The van der Waals surface area contributed by atoms with Crippen molar-refractivity contribution in [3.05, 3.63) is 60.2 Å². The van der Waals surface area contributed by atoms with Crippen molar-refractivity contribution in [1.29, 1.82) is 0 Å². The van der Waals surface area contributed by atoms with E-state index in [0.29, 0.717) is 32.4 Å². The van der Waals surface area contributed by atoms with Gasteiger partial charge in [0.15, 0.2) is 24.5 Å². The molecule has 0 bridgehead atoms. The quantitative estimate of drug-likeness (QED) is 0.153. The van der Waals surface area contributed by atoms with Gasteiger partial charge in [-0.25, -0.2) is 0 Å². The van der Waals surface area contributed by atoms with E-state index < -0.39 is 103 Å². The molecule has 0 spiro atoms. The smallest absolute Gasteiger partial charge is 0.308 e. The van der Waals surface area contributed by atoms with Gasteiger partial charge in [0.1, 0.15) is 30.0 Å². The second-order valence-corrected chi connectivity index (χ2v) is 18.2. The number of cyclic esters (lactones) is 1. The largest absolute Gasteiger partial charge is 0.462 e. The number of hydrogen-bond donors (Lipinski definition) is 4. The van der Waals surface area contributed by atoms with Gasteiger partial charge in [-0.2, -0.15) is 0 Å². The summed E-state index contributed by atoms with van der Waals surface area (Å²) in [5, 5.41) is 38.9. The molecule has 1 aromatic rings. The number of allylic oxidation sites excluding steroid dienone is 3. The highest BCUT2D eigenvalue weighted by Crippen LogP contribution is 2.37. The maximum absolute atomic E-state index is 13.5. The number of carbonyl (C=O) groups excluding carboxylic acids is 3. The molecule has 0 aromatic heterocycles. The first kappa shape index (κ1) is 51.5. The molecular weight excluding hydrogens is 801 g/mol. The number of nitrogens with one attached hydrogen (secondary N) is 1. The first-order valence-electron chi connectivity index (χ1n) is 22.2. The van der Waals surface area contributed by atoms with Crippen molar-refractivity contribution >= 4 is 17.7 Å². The number of nitrogens with zero attached hydrogens (tertiary/aromatic N) is 1. The lowest BCUT2D eigenvalue weighted by atomic mass is 9.82. The Kier molecular flexibility index (Phi) is 20.2. The van der Waals surface area contributed by atoms with Crippen LogP contribution in [0.15, 0.2) is 54.6 Å². The number of rotatable bonds is 14. The van der Waals surface area contributed by atoms with Crippen LogP contribution in [0.5, 0.6) is 0 Å². The highest BCUT2D eigenvalue weighted by molar-refractivity contribution is 5.91. The van der Waals surface area contributed by atoms with Gasteiger partial charge in [0, 0.05) is 38.8 Å². The molecule has 0 saturated carbocycles. The van der Waals surface area contributed by atoms with E-state index >= 15 is 0 Å². The molecule has 62 heavy (non-hydrogen) atoms. The van der Waals surface area contributed by atoms with E-state index in [1.54, 1.807) is 58.8 Å². The summed E-state index contributed by atoms with van der Waals surface area (Å²) in [6, 6.07) is 9.21. The monoisotopic (exact) mass is 875 g/mol. The SMILES string of the molecule is CO[C@@H]1[C@@H](O[C@@H]2O[C@H](C)[C@@H](O[C@H]3C[C@@](C)(O)[C@@H](OC(=O)CC(C)C)[C@H](C)O3)[C@H](N(C)C)[C@H]2O)[C@H](CCNCc2ccccc2)C[C@@H](C)C(=O)/C=C/C=C/C[C@@H](C)OC(=O)C[C@@H]1O. The van der Waals surface area contributed by atoms with E-state index in [1.807, 2.05) is 57.2 Å². The lowest BCUT2D eigenvalue weighted by Gasteiger charge is -2.50. The molecule has 2 fully saturated rings. The Balaban J connectivity index is 1.63. The predicted molar refractivity (Wildman–Crippen MR) is 231 cm³/mol. The number of esters is 2. The summed E-state index contributed by atoms with van der Waals surface area (Å²) in [6.45, 7) is 13.6. The molecule has 3 aliphatic rings. The van der Waals surface area contributed by atoms with Crippen LogP contribution in [-0.4, -0.2) is 145 Å². The molecule has 1 aromatic carbocycles. The number of likely N-dealkylation sites (N-methyl/N-ethyl adjacent to an activating group) is 1. The minimum atomic E-state index is -1.48. The predicted octanol–water partition coefficient (Wildman–Crippen LogP) is 4.24. The molecule has 15 atom stereocenters. The van der Waals surface area contributed by atoms with Gasteiger partial charge in [-0.3, -0.25) is 14.4 Å². The van der Waals surface area contributed by atoms with Crippen LogP contribution < -0.4 is 5.32 Å². The van der Waals surface area contributed by atoms with E-state index in [2.05, 4.69) is 5.32 Å². The van der Waals surface area contributed by atoms with Gasteiger partial charge >= 0.3 is 11.9 Å². The van der Waals surface area contributed by atoms with Crippen LogP contribution >= 0.6 is 0 Å². The lowest BCUT2D eigenvalue weighted by Crippen LogP contribution is -2.66. The van der Waals surface area contributed by atoms with Crippen molar-refractivity contribution in [2.75, 3.05) is 27.7 Å². The van der Waals surface area contributed by atoms with Gasteiger partial charge in [-0.15, -0.1) is 0 Å². The number of benzene rings is 1. The van der Waals surface area contributed by atoms with Gasteiger partial charge in [0.05, 0.1) is 36.9 Å². The Bertz CT molecular complexity index is 1600. The molecule has 15 nitrogen and oxygen atoms in total. The van der Waals surface area contributed by atoms with E-state index in [1.165, 1.54) is 13.2 Å². The third-order valence-electron chi connectivity index (χ3n) is 11.9. The lowest BCUT2D eigenvalue weighted by molar-refractivity contribution is -0.344. The van der Waals surface area contributed by atoms with Crippen molar-refractivity contribution in [3.8, 4) is 0 Å². The van der Waals surface area contributed by atoms with Crippen molar-refractivity contribution in [2.24, 2.45) is 17.8 Å². The normalized spacial score (nSPS) is 37.8. The summed E-state index contributed by atoms with van der Waals surface area (Å²) in [4.78, 5) is 41.0. The van der Waals surface area contributed by atoms with E-state index in [9.17, 15) is 29.7 Å². The Morgan fingerprint density at radius 3 is 2.34 bits per heavy atom. The first-order chi connectivity index (χ1) is 29.3. The molecule has 3 aliphatic heterocycles. The van der Waals surface area contributed by atoms with Crippen LogP contribution in [0.1, 0.15) is 92.6 Å². The Labute approximate surface area is 368 Å². The molecule has 2 saturated heterocycles. The Hall–Kier alpha value is -3.09. The number of carbonyl (C=O) groups is 3. The maximum Gasteiger partial charge on any atom is 0.308 e. The summed E-state index contributed by atoms with van der Waals surface area (Å²) in [5.74, 6) is -1.96. The Morgan fingerprint density at radius 1 is 0.984 bits per heavy atom. The maximum atomic E-state index is 13.5. The van der Waals surface area contributed by atoms with Gasteiger partial charge in [0.25, 0.3) is 0 Å².